The number of piperidine rings is 1. The number of amides is 1. The zero-order valence-corrected chi connectivity index (χ0v) is 10.9. The summed E-state index contributed by atoms with van der Waals surface area (Å²) in [5, 5.41) is 0. The number of nitrogens with zero attached hydrogens (tertiary/aromatic N) is 2. The van der Waals surface area contributed by atoms with Gasteiger partial charge in [0.05, 0.1) is 6.54 Å². The molecule has 3 rings (SSSR count). The monoisotopic (exact) mass is 259 g/mol. The van der Waals surface area contributed by atoms with Gasteiger partial charge in [-0.15, -0.1) is 0 Å². The second kappa shape index (κ2) is 4.57. The molecule has 1 aromatic heterocycles. The summed E-state index contributed by atoms with van der Waals surface area (Å²) in [5.74, 6) is 0.866. The summed E-state index contributed by atoms with van der Waals surface area (Å²) < 4.78 is 5.65. The van der Waals surface area contributed by atoms with E-state index in [9.17, 15) is 4.79 Å². The van der Waals surface area contributed by atoms with Crippen molar-refractivity contribution in [2.75, 3.05) is 12.3 Å². The maximum atomic E-state index is 12.0. The minimum absolute atomic E-state index is 0.105. The lowest BCUT2D eigenvalue weighted by Gasteiger charge is -2.29. The smallest absolute Gasteiger partial charge is 0.225 e. The fourth-order valence-corrected chi connectivity index (χ4v) is 2.51. The first-order chi connectivity index (χ1) is 9.13. The van der Waals surface area contributed by atoms with E-state index in [1.54, 1.807) is 12.1 Å². The maximum absolute atomic E-state index is 12.0. The quantitative estimate of drug-likeness (QED) is 0.839. The molecule has 100 valence electrons. The number of aromatic nitrogens is 1. The Balaban J connectivity index is 1.83. The highest BCUT2D eigenvalue weighted by atomic mass is 16.3. The van der Waals surface area contributed by atoms with Gasteiger partial charge in [0.1, 0.15) is 5.52 Å². The Morgan fingerprint density at radius 3 is 3.21 bits per heavy atom. The molecule has 0 spiro atoms. The average molecular weight is 259 g/mol. The minimum atomic E-state index is 0.105. The normalized spacial score (nSPS) is 20.2. The second-order valence-corrected chi connectivity index (χ2v) is 5.14. The van der Waals surface area contributed by atoms with E-state index >= 15 is 0 Å². The molecular weight excluding hydrogens is 242 g/mol. The zero-order valence-electron chi connectivity index (χ0n) is 10.9. The Bertz CT molecular complexity index is 620. The van der Waals surface area contributed by atoms with Gasteiger partial charge in [-0.3, -0.25) is 4.79 Å². The van der Waals surface area contributed by atoms with E-state index in [0.29, 0.717) is 23.7 Å². The second-order valence-electron chi connectivity index (χ2n) is 5.14. The average Bonchev–Trinajstić information content (AvgIpc) is 2.76. The molecule has 5 heteroatoms. The van der Waals surface area contributed by atoms with E-state index in [1.807, 2.05) is 17.9 Å². The topological polar surface area (TPSA) is 72.4 Å². The Labute approximate surface area is 111 Å². The minimum Gasteiger partial charge on any atom is -0.439 e. The van der Waals surface area contributed by atoms with E-state index in [2.05, 4.69) is 4.98 Å². The Hall–Kier alpha value is -2.04. The van der Waals surface area contributed by atoms with Crippen LogP contribution in [-0.2, 0) is 11.3 Å². The predicted molar refractivity (Wildman–Crippen MR) is 72.2 cm³/mol. The molecule has 1 atom stereocenters. The highest BCUT2D eigenvalue weighted by Crippen LogP contribution is 2.22. The number of nitrogens with two attached hydrogens (primary N) is 1. The number of anilines is 1. The summed E-state index contributed by atoms with van der Waals surface area (Å²) in [5.41, 5.74) is 7.83. The first kappa shape index (κ1) is 12.0. The Morgan fingerprint density at radius 1 is 1.53 bits per heavy atom. The summed E-state index contributed by atoms with van der Waals surface area (Å²) in [6.45, 7) is 3.20. The van der Waals surface area contributed by atoms with Crippen molar-refractivity contribution in [1.82, 2.24) is 9.88 Å². The van der Waals surface area contributed by atoms with Crippen molar-refractivity contribution in [2.24, 2.45) is 5.92 Å². The molecule has 0 saturated carbocycles. The van der Waals surface area contributed by atoms with E-state index in [1.165, 1.54) is 0 Å². The van der Waals surface area contributed by atoms with E-state index in [4.69, 9.17) is 10.2 Å². The molecule has 5 nitrogen and oxygen atoms in total. The molecule has 1 amide bonds. The summed E-state index contributed by atoms with van der Waals surface area (Å²) in [6.07, 6.45) is 2.01. The number of oxazole rings is 1. The third-order valence-electron chi connectivity index (χ3n) is 3.58. The van der Waals surface area contributed by atoms with Crippen molar-refractivity contribution in [2.45, 2.75) is 26.3 Å². The first-order valence-corrected chi connectivity index (χ1v) is 6.57. The van der Waals surface area contributed by atoms with Crippen LogP contribution < -0.4 is 5.73 Å². The zero-order chi connectivity index (χ0) is 13.4. The molecular formula is C14H17N3O2. The van der Waals surface area contributed by atoms with Gasteiger partial charge < -0.3 is 15.1 Å². The van der Waals surface area contributed by atoms with Crippen LogP contribution in [0.15, 0.2) is 22.6 Å². The third kappa shape index (κ3) is 2.28. The highest BCUT2D eigenvalue weighted by Gasteiger charge is 2.26. The predicted octanol–water partition coefficient (Wildman–Crippen LogP) is 2.17. The van der Waals surface area contributed by atoms with Gasteiger partial charge in [-0.25, -0.2) is 4.98 Å². The lowest BCUT2D eigenvalue weighted by Crippen LogP contribution is -2.39. The van der Waals surface area contributed by atoms with Crippen molar-refractivity contribution in [3.8, 4) is 0 Å². The largest absolute Gasteiger partial charge is 0.439 e. The third-order valence-corrected chi connectivity index (χ3v) is 3.58. The van der Waals surface area contributed by atoms with Crippen LogP contribution in [0.3, 0.4) is 0 Å². The number of benzene rings is 1. The van der Waals surface area contributed by atoms with Gasteiger partial charge in [0.25, 0.3) is 0 Å². The van der Waals surface area contributed by atoms with E-state index < -0.39 is 0 Å². The summed E-state index contributed by atoms with van der Waals surface area (Å²) in [4.78, 5) is 18.2. The molecule has 1 fully saturated rings. The number of carbonyl (C=O) groups excluding carboxylic acids is 1. The highest BCUT2D eigenvalue weighted by molar-refractivity contribution is 5.79. The number of rotatable bonds is 2. The molecule has 1 aromatic carbocycles. The molecule has 2 aromatic rings. The Kier molecular flexibility index (Phi) is 2.89. The van der Waals surface area contributed by atoms with Gasteiger partial charge >= 0.3 is 0 Å². The lowest BCUT2D eigenvalue weighted by atomic mass is 9.99. The molecule has 1 aliphatic heterocycles. The van der Waals surface area contributed by atoms with E-state index in [-0.39, 0.29) is 11.8 Å². The number of hydrogen-bond donors (Lipinski definition) is 1. The van der Waals surface area contributed by atoms with Gasteiger partial charge in [-0.1, -0.05) is 6.92 Å². The number of carbonyl (C=O) groups is 1. The number of fused-ring (bicyclic) bond motifs is 1. The summed E-state index contributed by atoms with van der Waals surface area (Å²) >= 11 is 0. The number of nitrogen functional groups attached to an aromatic ring is 1. The summed E-state index contributed by atoms with van der Waals surface area (Å²) in [7, 11) is 0. The fourth-order valence-electron chi connectivity index (χ4n) is 2.51. The number of hydrogen-bond acceptors (Lipinski definition) is 4. The molecule has 1 saturated heterocycles. The van der Waals surface area contributed by atoms with Crippen LogP contribution in [0.1, 0.15) is 25.7 Å². The van der Waals surface area contributed by atoms with Gasteiger partial charge in [-0.05, 0) is 31.0 Å². The Morgan fingerprint density at radius 2 is 2.37 bits per heavy atom. The standard InChI is InChI=1S/C14H17N3O2/c1-9-3-2-6-17(14(9)18)8-13-16-11-7-10(15)4-5-12(11)19-13/h4-5,7,9H,2-3,6,8,15H2,1H3. The molecule has 1 aliphatic rings. The molecule has 0 bridgehead atoms. The fraction of sp³-hybridized carbons (Fsp3) is 0.429. The van der Waals surface area contributed by atoms with Crippen LogP contribution in [0.25, 0.3) is 11.1 Å². The van der Waals surface area contributed by atoms with Crippen molar-refractivity contribution in [3.05, 3.63) is 24.1 Å². The molecule has 1 unspecified atom stereocenters. The molecule has 2 N–H and O–H groups in total. The van der Waals surface area contributed by atoms with Gasteiger partial charge in [0.2, 0.25) is 11.8 Å². The van der Waals surface area contributed by atoms with Crippen LogP contribution in [0, 0.1) is 5.92 Å². The molecule has 0 aliphatic carbocycles. The first-order valence-electron chi connectivity index (χ1n) is 6.57. The molecule has 2 heterocycles. The van der Waals surface area contributed by atoms with E-state index in [0.717, 1.165) is 24.9 Å². The maximum Gasteiger partial charge on any atom is 0.225 e. The molecule has 19 heavy (non-hydrogen) atoms. The van der Waals surface area contributed by atoms with Crippen molar-refractivity contribution in [1.29, 1.82) is 0 Å². The van der Waals surface area contributed by atoms with Crippen LogP contribution in [0.4, 0.5) is 5.69 Å². The van der Waals surface area contributed by atoms with Gasteiger partial charge in [0, 0.05) is 18.2 Å². The number of likely N-dealkylation sites (tertiary alicyclic amines) is 1. The molecule has 0 radical (unpaired) electrons. The summed E-state index contributed by atoms with van der Waals surface area (Å²) in [6, 6.07) is 5.37. The lowest BCUT2D eigenvalue weighted by molar-refractivity contribution is -0.138. The van der Waals surface area contributed by atoms with Crippen LogP contribution in [-0.4, -0.2) is 22.3 Å². The van der Waals surface area contributed by atoms with Crippen LogP contribution >= 0.6 is 0 Å². The van der Waals surface area contributed by atoms with Gasteiger partial charge in [0.15, 0.2) is 5.58 Å². The van der Waals surface area contributed by atoms with Crippen LogP contribution in [0.5, 0.6) is 0 Å². The van der Waals surface area contributed by atoms with Gasteiger partial charge in [-0.2, -0.15) is 0 Å². The van der Waals surface area contributed by atoms with Crippen molar-refractivity contribution < 1.29 is 9.21 Å². The SMILES string of the molecule is CC1CCCN(Cc2nc3cc(N)ccc3o2)C1=O. The van der Waals surface area contributed by atoms with Crippen LogP contribution in [0.2, 0.25) is 0 Å². The van der Waals surface area contributed by atoms with Crippen molar-refractivity contribution in [3.63, 3.8) is 0 Å². The van der Waals surface area contributed by atoms with Crippen molar-refractivity contribution >= 4 is 22.7 Å².